The first-order valence-corrected chi connectivity index (χ1v) is 10.1. The number of morpholine rings is 1. The monoisotopic (exact) mass is 414 g/mol. The van der Waals surface area contributed by atoms with E-state index in [1.165, 1.54) is 0 Å². The number of anilines is 2. The van der Waals surface area contributed by atoms with Crippen molar-refractivity contribution in [2.24, 2.45) is 5.10 Å². The van der Waals surface area contributed by atoms with Crippen LogP contribution in [0.2, 0.25) is 0 Å². The van der Waals surface area contributed by atoms with Gasteiger partial charge in [0.15, 0.2) is 11.5 Å². The van der Waals surface area contributed by atoms with Crippen LogP contribution in [-0.2, 0) is 4.74 Å². The molecule has 31 heavy (non-hydrogen) atoms. The first kappa shape index (κ1) is 19.1. The van der Waals surface area contributed by atoms with Gasteiger partial charge in [-0.25, -0.2) is 4.98 Å². The molecule has 0 radical (unpaired) electrons. The van der Waals surface area contributed by atoms with E-state index in [0.717, 1.165) is 41.4 Å². The Bertz CT molecular complexity index is 1200. The molecule has 0 bridgehead atoms. The van der Waals surface area contributed by atoms with E-state index in [0.29, 0.717) is 19.0 Å². The molecular weight excluding hydrogens is 392 g/mol. The number of aromatic hydroxyl groups is 1. The summed E-state index contributed by atoms with van der Waals surface area (Å²) in [5.74, 6) is 1.80. The molecule has 2 N–H and O–H groups in total. The fourth-order valence-electron chi connectivity index (χ4n) is 3.52. The summed E-state index contributed by atoms with van der Waals surface area (Å²) in [6, 6.07) is 20.8. The summed E-state index contributed by atoms with van der Waals surface area (Å²) in [5, 5.41) is 18.5. The van der Waals surface area contributed by atoms with Crippen LogP contribution in [0.25, 0.3) is 16.9 Å². The van der Waals surface area contributed by atoms with Gasteiger partial charge in [0.2, 0.25) is 0 Å². The lowest BCUT2D eigenvalue weighted by molar-refractivity contribution is 0.122. The van der Waals surface area contributed by atoms with Crippen LogP contribution in [0, 0.1) is 0 Å². The molecule has 0 saturated carbocycles. The predicted molar refractivity (Wildman–Crippen MR) is 121 cm³/mol. The summed E-state index contributed by atoms with van der Waals surface area (Å²) in [6.45, 7) is 2.93. The van der Waals surface area contributed by atoms with Crippen molar-refractivity contribution >= 4 is 23.5 Å². The highest BCUT2D eigenvalue weighted by atomic mass is 16.5. The number of aromatic nitrogens is 3. The highest BCUT2D eigenvalue weighted by Gasteiger charge is 2.18. The summed E-state index contributed by atoms with van der Waals surface area (Å²) in [5.41, 5.74) is 6.55. The SMILES string of the molecule is Oc1ccc(/C=N/Nc2cc(N3CCOCC3)n3nc(-c4ccccc4)cc3n2)cc1. The zero-order valence-corrected chi connectivity index (χ0v) is 16.8. The van der Waals surface area contributed by atoms with Crippen molar-refractivity contribution in [3.8, 4) is 17.0 Å². The fourth-order valence-corrected chi connectivity index (χ4v) is 3.52. The zero-order valence-electron chi connectivity index (χ0n) is 16.8. The minimum Gasteiger partial charge on any atom is -0.508 e. The number of nitrogens with one attached hydrogen (secondary N) is 1. The molecule has 0 spiro atoms. The highest BCUT2D eigenvalue weighted by molar-refractivity contribution is 5.80. The van der Waals surface area contributed by atoms with Crippen molar-refractivity contribution in [1.82, 2.24) is 14.6 Å². The summed E-state index contributed by atoms with van der Waals surface area (Å²) in [4.78, 5) is 6.94. The second-order valence-corrected chi connectivity index (χ2v) is 7.23. The molecule has 1 saturated heterocycles. The molecule has 1 aliphatic heterocycles. The van der Waals surface area contributed by atoms with Gasteiger partial charge in [0.1, 0.15) is 11.6 Å². The van der Waals surface area contributed by atoms with E-state index in [2.05, 4.69) is 15.4 Å². The number of hydrazone groups is 1. The summed E-state index contributed by atoms with van der Waals surface area (Å²) < 4.78 is 7.39. The van der Waals surface area contributed by atoms with Crippen molar-refractivity contribution in [2.75, 3.05) is 36.6 Å². The normalized spacial score (nSPS) is 14.4. The van der Waals surface area contributed by atoms with Crippen molar-refractivity contribution in [1.29, 1.82) is 0 Å². The average Bonchev–Trinajstić information content (AvgIpc) is 3.25. The molecule has 0 atom stereocenters. The number of rotatable bonds is 5. The van der Waals surface area contributed by atoms with Gasteiger partial charge in [0, 0.05) is 30.8 Å². The van der Waals surface area contributed by atoms with Gasteiger partial charge in [-0.3, -0.25) is 5.43 Å². The van der Waals surface area contributed by atoms with Gasteiger partial charge in [-0.15, -0.1) is 0 Å². The quantitative estimate of drug-likeness (QED) is 0.385. The molecule has 8 nitrogen and oxygen atoms in total. The Morgan fingerprint density at radius 1 is 1.00 bits per heavy atom. The van der Waals surface area contributed by atoms with E-state index in [4.69, 9.17) is 14.8 Å². The third-order valence-corrected chi connectivity index (χ3v) is 5.10. The lowest BCUT2D eigenvalue weighted by Crippen LogP contribution is -2.37. The number of hydrogen-bond donors (Lipinski definition) is 2. The molecule has 3 heterocycles. The van der Waals surface area contributed by atoms with E-state index < -0.39 is 0 Å². The number of benzene rings is 2. The smallest absolute Gasteiger partial charge is 0.160 e. The van der Waals surface area contributed by atoms with Crippen molar-refractivity contribution in [2.45, 2.75) is 0 Å². The number of nitrogens with zero attached hydrogens (tertiary/aromatic N) is 5. The number of phenols is 1. The molecule has 4 aromatic rings. The van der Waals surface area contributed by atoms with Crippen molar-refractivity contribution in [3.63, 3.8) is 0 Å². The van der Waals surface area contributed by atoms with Gasteiger partial charge >= 0.3 is 0 Å². The van der Waals surface area contributed by atoms with Crippen LogP contribution in [-0.4, -0.2) is 52.2 Å². The molecule has 2 aromatic carbocycles. The van der Waals surface area contributed by atoms with E-state index in [-0.39, 0.29) is 5.75 Å². The minimum absolute atomic E-state index is 0.224. The number of hydrogen-bond acceptors (Lipinski definition) is 7. The third kappa shape index (κ3) is 4.19. The molecule has 1 fully saturated rings. The molecule has 8 heteroatoms. The van der Waals surface area contributed by atoms with Gasteiger partial charge in [-0.05, 0) is 29.8 Å². The maximum atomic E-state index is 9.41. The molecule has 0 unspecified atom stereocenters. The van der Waals surface area contributed by atoms with Gasteiger partial charge in [-0.1, -0.05) is 30.3 Å². The van der Waals surface area contributed by atoms with Crippen molar-refractivity contribution < 1.29 is 9.84 Å². The van der Waals surface area contributed by atoms with Crippen LogP contribution >= 0.6 is 0 Å². The lowest BCUT2D eigenvalue weighted by atomic mass is 10.2. The second kappa shape index (κ2) is 8.45. The van der Waals surface area contributed by atoms with Crippen LogP contribution < -0.4 is 10.3 Å². The van der Waals surface area contributed by atoms with Crippen LogP contribution in [0.4, 0.5) is 11.6 Å². The first-order valence-electron chi connectivity index (χ1n) is 10.1. The van der Waals surface area contributed by atoms with Gasteiger partial charge in [0.05, 0.1) is 25.1 Å². The van der Waals surface area contributed by atoms with Crippen molar-refractivity contribution in [3.05, 3.63) is 72.3 Å². The van der Waals surface area contributed by atoms with Gasteiger partial charge in [-0.2, -0.15) is 14.7 Å². The molecule has 0 aliphatic carbocycles. The standard InChI is InChI=1S/C23H22N6O2/c30-19-8-6-17(7-9-19)16-24-26-21-15-23(28-10-12-31-13-11-28)29-22(25-21)14-20(27-29)18-4-2-1-3-5-18/h1-9,14-16,30H,10-13H2,(H,25,26)/b24-16+. The Morgan fingerprint density at radius 3 is 2.55 bits per heavy atom. The molecule has 2 aromatic heterocycles. The fraction of sp³-hybridized carbons (Fsp3) is 0.174. The summed E-state index contributed by atoms with van der Waals surface area (Å²) in [7, 11) is 0. The molecule has 156 valence electrons. The summed E-state index contributed by atoms with van der Waals surface area (Å²) in [6.07, 6.45) is 1.69. The van der Waals surface area contributed by atoms with Gasteiger partial charge in [0.25, 0.3) is 0 Å². The Labute approximate surface area is 179 Å². The molecule has 1 aliphatic rings. The Morgan fingerprint density at radius 2 is 1.77 bits per heavy atom. The predicted octanol–water partition coefficient (Wildman–Crippen LogP) is 3.38. The van der Waals surface area contributed by atoms with E-state index >= 15 is 0 Å². The van der Waals surface area contributed by atoms with E-state index in [1.54, 1.807) is 30.5 Å². The van der Waals surface area contributed by atoms with Crippen LogP contribution in [0.15, 0.2) is 71.8 Å². The average molecular weight is 414 g/mol. The number of phenolic OH excluding ortho intramolecular Hbond substituents is 1. The van der Waals surface area contributed by atoms with E-state index in [9.17, 15) is 5.11 Å². The molecule has 0 amide bonds. The maximum Gasteiger partial charge on any atom is 0.160 e. The van der Waals surface area contributed by atoms with E-state index in [1.807, 2.05) is 47.0 Å². The molecular formula is C23H22N6O2. The van der Waals surface area contributed by atoms with Gasteiger partial charge < -0.3 is 14.7 Å². The summed E-state index contributed by atoms with van der Waals surface area (Å²) >= 11 is 0. The van der Waals surface area contributed by atoms with Crippen LogP contribution in [0.5, 0.6) is 5.75 Å². The minimum atomic E-state index is 0.224. The Balaban J connectivity index is 1.49. The number of fused-ring (bicyclic) bond motifs is 1. The maximum absolute atomic E-state index is 9.41. The zero-order chi connectivity index (χ0) is 21.0. The largest absolute Gasteiger partial charge is 0.508 e. The van der Waals surface area contributed by atoms with Crippen LogP contribution in [0.3, 0.4) is 0 Å². The molecule has 5 rings (SSSR count). The Kier molecular flexibility index (Phi) is 5.20. The lowest BCUT2D eigenvalue weighted by Gasteiger charge is -2.29. The topological polar surface area (TPSA) is 87.3 Å². The second-order valence-electron chi connectivity index (χ2n) is 7.23. The third-order valence-electron chi connectivity index (χ3n) is 5.10. The Hall–Kier alpha value is -3.91. The number of ether oxygens (including phenoxy) is 1. The van der Waals surface area contributed by atoms with Crippen LogP contribution in [0.1, 0.15) is 5.56 Å². The first-order chi connectivity index (χ1) is 15.3. The highest BCUT2D eigenvalue weighted by Crippen LogP contribution is 2.25.